The summed E-state index contributed by atoms with van der Waals surface area (Å²) in [6.45, 7) is 0. The molecule has 10 heteroatoms. The van der Waals surface area contributed by atoms with Crippen LogP contribution in [0.15, 0.2) is 28.9 Å². The van der Waals surface area contributed by atoms with Crippen molar-refractivity contribution in [1.82, 2.24) is 19.2 Å². The standard InChI is InChI=1S/C9H8ClN5O2S2/c1-14-6(2-3-11-14)13-19(16,17)8-7(10)12-9-15(8)4-5-18-9/h2-5,13H,1H3. The summed E-state index contributed by atoms with van der Waals surface area (Å²) in [5.74, 6) is 0.348. The number of rotatable bonds is 3. The first kappa shape index (κ1) is 12.5. The topological polar surface area (TPSA) is 81.3 Å². The quantitative estimate of drug-likeness (QED) is 0.795. The van der Waals surface area contributed by atoms with Gasteiger partial charge in [-0.25, -0.2) is 4.98 Å². The summed E-state index contributed by atoms with van der Waals surface area (Å²) in [5, 5.41) is 5.50. The maximum Gasteiger partial charge on any atom is 0.282 e. The van der Waals surface area contributed by atoms with Crippen LogP contribution >= 0.6 is 22.9 Å². The number of aromatic nitrogens is 4. The molecule has 0 aromatic carbocycles. The molecule has 0 radical (unpaired) electrons. The fourth-order valence-corrected chi connectivity index (χ4v) is 4.18. The SMILES string of the molecule is Cn1nccc1NS(=O)(=O)c1c(Cl)nc2sccn12. The smallest absolute Gasteiger partial charge is 0.278 e. The fraction of sp³-hybridized carbons (Fsp3) is 0.111. The molecule has 100 valence electrons. The van der Waals surface area contributed by atoms with Crippen LogP contribution in [0.2, 0.25) is 5.15 Å². The number of fused-ring (bicyclic) bond motifs is 1. The van der Waals surface area contributed by atoms with E-state index in [1.165, 1.54) is 26.6 Å². The maximum absolute atomic E-state index is 12.4. The van der Waals surface area contributed by atoms with Gasteiger partial charge in [0.05, 0.1) is 6.20 Å². The summed E-state index contributed by atoms with van der Waals surface area (Å²) >= 11 is 7.21. The molecule has 3 heterocycles. The zero-order valence-corrected chi connectivity index (χ0v) is 12.0. The van der Waals surface area contributed by atoms with Crippen molar-refractivity contribution < 1.29 is 8.42 Å². The van der Waals surface area contributed by atoms with Gasteiger partial charge in [0.25, 0.3) is 10.0 Å². The van der Waals surface area contributed by atoms with E-state index >= 15 is 0 Å². The lowest BCUT2D eigenvalue weighted by Gasteiger charge is -2.07. The molecule has 3 aromatic heterocycles. The van der Waals surface area contributed by atoms with Crippen molar-refractivity contribution in [2.75, 3.05) is 4.72 Å². The number of hydrogen-bond donors (Lipinski definition) is 1. The van der Waals surface area contributed by atoms with Crippen LogP contribution in [0.4, 0.5) is 5.82 Å². The molecule has 0 saturated carbocycles. The Morgan fingerprint density at radius 2 is 2.26 bits per heavy atom. The molecule has 0 aliphatic carbocycles. The minimum atomic E-state index is -3.83. The number of aryl methyl sites for hydroxylation is 1. The Hall–Kier alpha value is -1.58. The lowest BCUT2D eigenvalue weighted by atomic mass is 10.7. The summed E-state index contributed by atoms with van der Waals surface area (Å²) in [5.41, 5.74) is 0. The average molecular weight is 318 g/mol. The highest BCUT2D eigenvalue weighted by Gasteiger charge is 2.25. The van der Waals surface area contributed by atoms with Gasteiger partial charge in [-0.05, 0) is 0 Å². The zero-order chi connectivity index (χ0) is 13.6. The molecular weight excluding hydrogens is 310 g/mol. The molecule has 0 fully saturated rings. The molecule has 19 heavy (non-hydrogen) atoms. The van der Waals surface area contributed by atoms with Gasteiger partial charge in [-0.2, -0.15) is 13.5 Å². The number of nitrogens with zero attached hydrogens (tertiary/aromatic N) is 4. The Labute approximate surface area is 117 Å². The van der Waals surface area contributed by atoms with Gasteiger partial charge in [0.15, 0.2) is 15.1 Å². The Kier molecular flexibility index (Phi) is 2.77. The highest BCUT2D eigenvalue weighted by molar-refractivity contribution is 7.92. The van der Waals surface area contributed by atoms with Crippen molar-refractivity contribution in [3.63, 3.8) is 0 Å². The Morgan fingerprint density at radius 1 is 1.47 bits per heavy atom. The monoisotopic (exact) mass is 317 g/mol. The van der Waals surface area contributed by atoms with Crippen LogP contribution in [0.5, 0.6) is 0 Å². The van der Waals surface area contributed by atoms with E-state index in [4.69, 9.17) is 11.6 Å². The zero-order valence-electron chi connectivity index (χ0n) is 9.61. The van der Waals surface area contributed by atoms with E-state index in [1.807, 2.05) is 0 Å². The predicted molar refractivity (Wildman–Crippen MR) is 72.1 cm³/mol. The molecule has 0 bridgehead atoms. The van der Waals surface area contributed by atoms with Gasteiger partial charge in [0, 0.05) is 24.7 Å². The van der Waals surface area contributed by atoms with E-state index in [0.717, 1.165) is 0 Å². The first-order valence-electron chi connectivity index (χ1n) is 5.11. The van der Waals surface area contributed by atoms with Crippen molar-refractivity contribution >= 4 is 43.7 Å². The van der Waals surface area contributed by atoms with Crippen LogP contribution in [0.3, 0.4) is 0 Å². The van der Waals surface area contributed by atoms with Crippen molar-refractivity contribution in [3.05, 3.63) is 29.0 Å². The first-order chi connectivity index (χ1) is 8.99. The molecule has 7 nitrogen and oxygen atoms in total. The van der Waals surface area contributed by atoms with Gasteiger partial charge in [-0.1, -0.05) is 11.6 Å². The van der Waals surface area contributed by atoms with Crippen LogP contribution in [0, 0.1) is 0 Å². The van der Waals surface area contributed by atoms with E-state index in [-0.39, 0.29) is 10.2 Å². The van der Waals surface area contributed by atoms with Gasteiger partial charge in [-0.3, -0.25) is 13.8 Å². The third-order valence-electron chi connectivity index (χ3n) is 2.49. The number of halogens is 1. The van der Waals surface area contributed by atoms with Gasteiger partial charge in [0.1, 0.15) is 5.82 Å². The number of anilines is 1. The van der Waals surface area contributed by atoms with Crippen LogP contribution in [-0.4, -0.2) is 27.6 Å². The maximum atomic E-state index is 12.4. The van der Waals surface area contributed by atoms with Gasteiger partial charge >= 0.3 is 0 Å². The normalized spacial score (nSPS) is 12.1. The van der Waals surface area contributed by atoms with Gasteiger partial charge in [-0.15, -0.1) is 11.3 Å². The average Bonchev–Trinajstić information content (AvgIpc) is 2.95. The lowest BCUT2D eigenvalue weighted by Crippen LogP contribution is -2.17. The number of thiazole rings is 1. The minimum Gasteiger partial charge on any atom is -0.278 e. The van der Waals surface area contributed by atoms with Crippen LogP contribution in [0.1, 0.15) is 0 Å². The molecule has 0 aliphatic rings. The summed E-state index contributed by atoms with van der Waals surface area (Å²) < 4.78 is 30.0. The third-order valence-corrected chi connectivity index (χ3v) is 5.00. The predicted octanol–water partition coefficient (Wildman–Crippen LogP) is 1.58. The molecule has 0 atom stereocenters. The van der Waals surface area contributed by atoms with E-state index in [2.05, 4.69) is 14.8 Å². The highest BCUT2D eigenvalue weighted by Crippen LogP contribution is 2.26. The van der Waals surface area contributed by atoms with Gasteiger partial charge in [0.2, 0.25) is 0 Å². The summed E-state index contributed by atoms with van der Waals surface area (Å²) in [6.07, 6.45) is 3.10. The molecule has 0 saturated heterocycles. The van der Waals surface area contributed by atoms with Crippen molar-refractivity contribution in [1.29, 1.82) is 0 Å². The molecule has 3 aromatic rings. The second-order valence-electron chi connectivity index (χ2n) is 3.71. The van der Waals surface area contributed by atoms with Crippen molar-refractivity contribution in [2.45, 2.75) is 5.03 Å². The van der Waals surface area contributed by atoms with Crippen molar-refractivity contribution in [3.8, 4) is 0 Å². The molecule has 1 N–H and O–H groups in total. The van der Waals surface area contributed by atoms with Crippen LogP contribution < -0.4 is 4.72 Å². The molecule has 0 aliphatic heterocycles. The van der Waals surface area contributed by atoms with Crippen LogP contribution in [-0.2, 0) is 17.1 Å². The lowest BCUT2D eigenvalue weighted by molar-refractivity contribution is 0.596. The summed E-state index contributed by atoms with van der Waals surface area (Å²) in [7, 11) is -2.19. The van der Waals surface area contributed by atoms with E-state index in [0.29, 0.717) is 10.8 Å². The Balaban J connectivity index is 2.12. The summed E-state index contributed by atoms with van der Waals surface area (Å²) in [6, 6.07) is 1.55. The Morgan fingerprint density at radius 3 is 2.95 bits per heavy atom. The number of sulfonamides is 1. The van der Waals surface area contributed by atoms with E-state index in [9.17, 15) is 8.42 Å². The third kappa shape index (κ3) is 1.99. The Bertz CT molecular complexity index is 847. The largest absolute Gasteiger partial charge is 0.282 e. The van der Waals surface area contributed by atoms with E-state index in [1.54, 1.807) is 24.7 Å². The number of nitrogens with one attached hydrogen (secondary N) is 1. The number of hydrogen-bond acceptors (Lipinski definition) is 5. The fourth-order valence-electron chi connectivity index (χ4n) is 1.64. The molecule has 3 rings (SSSR count). The molecule has 0 unspecified atom stereocenters. The van der Waals surface area contributed by atoms with Crippen LogP contribution in [0.25, 0.3) is 4.96 Å². The number of imidazole rings is 1. The second kappa shape index (κ2) is 4.22. The highest BCUT2D eigenvalue weighted by atomic mass is 35.5. The molecule has 0 amide bonds. The molecule has 0 spiro atoms. The first-order valence-corrected chi connectivity index (χ1v) is 7.85. The van der Waals surface area contributed by atoms with Gasteiger partial charge < -0.3 is 0 Å². The minimum absolute atomic E-state index is 0.0541. The summed E-state index contributed by atoms with van der Waals surface area (Å²) in [4.78, 5) is 4.52. The molecular formula is C9H8ClN5O2S2. The second-order valence-corrected chi connectivity index (χ2v) is 6.54. The van der Waals surface area contributed by atoms with Crippen molar-refractivity contribution in [2.24, 2.45) is 7.05 Å². The van der Waals surface area contributed by atoms with E-state index < -0.39 is 10.0 Å².